The number of halogens is 5. The number of carboxylic acids is 1. The Labute approximate surface area is 187 Å². The van der Waals surface area contributed by atoms with Crippen LogP contribution in [0.4, 0.5) is 22.0 Å². The van der Waals surface area contributed by atoms with E-state index in [1.807, 2.05) is 0 Å². The minimum absolute atomic E-state index is 0.00674. The highest BCUT2D eigenvalue weighted by atomic mass is 32.1. The van der Waals surface area contributed by atoms with Gasteiger partial charge in [-0.3, -0.25) is 4.79 Å². The monoisotopic (exact) mass is 486 g/mol. The highest BCUT2D eigenvalue weighted by molar-refractivity contribution is 7.10. The standard InChI is InChI=1S/C22H15F5O5S/c23-15-5-11(1-4-19(28)29)6-16(24)20(15)30-8-13-14(9-33-21(13)22(25,26)27)12-2-3-17-18(7-12)32-10-31-17/h2-3,5-7,9H,1,4,8,10H2,(H,28,29). The SMILES string of the molecule is O=C(O)CCc1cc(F)c(OCc2c(-c3ccc4c(c3)OCO4)csc2C(F)(F)F)c(F)c1. The quantitative estimate of drug-likeness (QED) is 0.413. The van der Waals surface area contributed by atoms with Gasteiger partial charge in [-0.15, -0.1) is 11.3 Å². The first-order chi connectivity index (χ1) is 15.6. The topological polar surface area (TPSA) is 65.0 Å². The Morgan fingerprint density at radius 2 is 1.79 bits per heavy atom. The first-order valence-electron chi connectivity index (χ1n) is 9.53. The Bertz CT molecular complexity index is 1180. The normalized spacial score (nSPS) is 12.8. The van der Waals surface area contributed by atoms with Crippen LogP contribution in [0.15, 0.2) is 35.7 Å². The number of carbonyl (C=O) groups is 1. The van der Waals surface area contributed by atoms with Crippen molar-refractivity contribution in [1.29, 1.82) is 0 Å². The van der Waals surface area contributed by atoms with Crippen molar-refractivity contribution in [2.45, 2.75) is 25.6 Å². The molecule has 0 spiro atoms. The van der Waals surface area contributed by atoms with Crippen LogP contribution in [0, 0.1) is 11.6 Å². The zero-order chi connectivity index (χ0) is 23.8. The van der Waals surface area contributed by atoms with Gasteiger partial charge in [0.1, 0.15) is 11.5 Å². The average molecular weight is 486 g/mol. The molecule has 1 aliphatic heterocycles. The molecule has 0 fully saturated rings. The van der Waals surface area contributed by atoms with Crippen LogP contribution in [0.25, 0.3) is 11.1 Å². The molecule has 1 aromatic heterocycles. The van der Waals surface area contributed by atoms with Crippen molar-refractivity contribution in [3.05, 3.63) is 63.4 Å². The molecule has 0 radical (unpaired) electrons. The minimum Gasteiger partial charge on any atom is -0.483 e. The third kappa shape index (κ3) is 4.87. The Morgan fingerprint density at radius 1 is 1.09 bits per heavy atom. The molecular formula is C22H15F5O5S. The lowest BCUT2D eigenvalue weighted by Crippen LogP contribution is -2.09. The highest BCUT2D eigenvalue weighted by Gasteiger charge is 2.37. The molecule has 2 aromatic carbocycles. The fraction of sp³-hybridized carbons (Fsp3) is 0.227. The maximum atomic E-state index is 14.4. The molecule has 0 unspecified atom stereocenters. The predicted molar refractivity (Wildman–Crippen MR) is 108 cm³/mol. The number of aliphatic carboxylic acids is 1. The maximum Gasteiger partial charge on any atom is 0.426 e. The number of rotatable bonds is 7. The second-order valence-electron chi connectivity index (χ2n) is 7.09. The van der Waals surface area contributed by atoms with Crippen LogP contribution < -0.4 is 14.2 Å². The Balaban J connectivity index is 1.64. The Hall–Kier alpha value is -3.34. The number of hydrogen-bond acceptors (Lipinski definition) is 5. The maximum absolute atomic E-state index is 14.4. The zero-order valence-electron chi connectivity index (χ0n) is 16.7. The summed E-state index contributed by atoms with van der Waals surface area (Å²) in [5, 5.41) is 10.00. The molecule has 1 N–H and O–H groups in total. The number of hydrogen-bond donors (Lipinski definition) is 1. The molecule has 174 valence electrons. The summed E-state index contributed by atoms with van der Waals surface area (Å²) in [4.78, 5) is 9.70. The van der Waals surface area contributed by atoms with Gasteiger partial charge < -0.3 is 19.3 Å². The van der Waals surface area contributed by atoms with E-state index in [4.69, 9.17) is 19.3 Å². The van der Waals surface area contributed by atoms with Crippen LogP contribution in [0.2, 0.25) is 0 Å². The van der Waals surface area contributed by atoms with Crippen LogP contribution in [0.1, 0.15) is 22.4 Å². The molecule has 0 atom stereocenters. The first kappa shape index (κ1) is 22.8. The number of alkyl halides is 3. The predicted octanol–water partition coefficient (Wildman–Crippen LogP) is 6.04. The van der Waals surface area contributed by atoms with Gasteiger partial charge in [0.25, 0.3) is 0 Å². The summed E-state index contributed by atoms with van der Waals surface area (Å²) in [6.07, 6.45) is -5.14. The van der Waals surface area contributed by atoms with Crippen LogP contribution in [0.3, 0.4) is 0 Å². The fourth-order valence-electron chi connectivity index (χ4n) is 3.36. The number of fused-ring (bicyclic) bond motifs is 1. The Kier molecular flexibility index (Phi) is 6.15. The van der Waals surface area contributed by atoms with Crippen LogP contribution in [0.5, 0.6) is 17.2 Å². The van der Waals surface area contributed by atoms with E-state index in [1.165, 1.54) is 11.4 Å². The molecule has 3 aromatic rings. The lowest BCUT2D eigenvalue weighted by molar-refractivity contribution is -0.137. The molecule has 5 nitrogen and oxygen atoms in total. The molecule has 0 amide bonds. The third-order valence-corrected chi connectivity index (χ3v) is 5.95. The van der Waals surface area contributed by atoms with Gasteiger partial charge in [0.15, 0.2) is 28.9 Å². The van der Waals surface area contributed by atoms with Crippen LogP contribution in [-0.4, -0.2) is 17.9 Å². The van der Waals surface area contributed by atoms with E-state index in [9.17, 15) is 26.7 Å². The number of aryl methyl sites for hydroxylation is 1. The van der Waals surface area contributed by atoms with Gasteiger partial charge in [0.2, 0.25) is 6.79 Å². The zero-order valence-corrected chi connectivity index (χ0v) is 17.5. The van der Waals surface area contributed by atoms with Crippen molar-refractivity contribution in [3.63, 3.8) is 0 Å². The van der Waals surface area contributed by atoms with Gasteiger partial charge in [-0.25, -0.2) is 8.78 Å². The number of carboxylic acid groups (broad SMARTS) is 1. The van der Waals surface area contributed by atoms with Crippen molar-refractivity contribution in [2.75, 3.05) is 6.79 Å². The van der Waals surface area contributed by atoms with Gasteiger partial charge in [0, 0.05) is 12.0 Å². The van der Waals surface area contributed by atoms with E-state index in [2.05, 4.69) is 0 Å². The van der Waals surface area contributed by atoms with E-state index < -0.39 is 41.0 Å². The summed E-state index contributed by atoms with van der Waals surface area (Å²) < 4.78 is 85.3. The molecule has 0 saturated heterocycles. The van der Waals surface area contributed by atoms with Gasteiger partial charge in [0.05, 0.1) is 0 Å². The molecule has 4 rings (SSSR count). The average Bonchev–Trinajstić information content (AvgIpc) is 3.37. The fourth-order valence-corrected chi connectivity index (χ4v) is 4.32. The number of benzene rings is 2. The summed E-state index contributed by atoms with van der Waals surface area (Å²) in [5.41, 5.74) is 0.395. The van der Waals surface area contributed by atoms with Crippen molar-refractivity contribution in [3.8, 4) is 28.4 Å². The van der Waals surface area contributed by atoms with Crippen molar-refractivity contribution >= 4 is 17.3 Å². The van der Waals surface area contributed by atoms with Crippen molar-refractivity contribution < 1.29 is 46.1 Å². The summed E-state index contributed by atoms with van der Waals surface area (Å²) >= 11 is 0.446. The molecule has 33 heavy (non-hydrogen) atoms. The molecule has 11 heteroatoms. The smallest absolute Gasteiger partial charge is 0.426 e. The van der Waals surface area contributed by atoms with E-state index in [1.54, 1.807) is 12.1 Å². The van der Waals surface area contributed by atoms with Crippen molar-refractivity contribution in [1.82, 2.24) is 0 Å². The molecule has 1 aliphatic rings. The molecule has 0 saturated carbocycles. The Morgan fingerprint density at radius 3 is 2.45 bits per heavy atom. The van der Waals surface area contributed by atoms with E-state index in [0.717, 1.165) is 12.1 Å². The summed E-state index contributed by atoms with van der Waals surface area (Å²) in [5.74, 6) is -3.43. The summed E-state index contributed by atoms with van der Waals surface area (Å²) in [6.45, 7) is -0.752. The highest BCUT2D eigenvalue weighted by Crippen LogP contribution is 2.44. The van der Waals surface area contributed by atoms with E-state index in [0.29, 0.717) is 28.4 Å². The van der Waals surface area contributed by atoms with Gasteiger partial charge in [-0.05, 0) is 52.8 Å². The lowest BCUT2D eigenvalue weighted by atomic mass is 10.0. The summed E-state index contributed by atoms with van der Waals surface area (Å²) in [7, 11) is 0. The molecular weight excluding hydrogens is 471 g/mol. The van der Waals surface area contributed by atoms with E-state index in [-0.39, 0.29) is 36.3 Å². The second kappa shape index (κ2) is 8.89. The van der Waals surface area contributed by atoms with E-state index >= 15 is 0 Å². The largest absolute Gasteiger partial charge is 0.483 e. The van der Waals surface area contributed by atoms with Crippen molar-refractivity contribution in [2.24, 2.45) is 0 Å². The number of thiophene rings is 1. The third-order valence-electron chi connectivity index (χ3n) is 4.88. The van der Waals surface area contributed by atoms with Crippen LogP contribution in [-0.2, 0) is 24.0 Å². The van der Waals surface area contributed by atoms with Gasteiger partial charge in [-0.2, -0.15) is 13.2 Å². The summed E-state index contributed by atoms with van der Waals surface area (Å²) in [6, 6.07) is 6.43. The lowest BCUT2D eigenvalue weighted by Gasteiger charge is -2.14. The van der Waals surface area contributed by atoms with Gasteiger partial charge >= 0.3 is 12.1 Å². The minimum atomic E-state index is -4.70. The first-order valence-corrected chi connectivity index (χ1v) is 10.4. The molecule has 0 bridgehead atoms. The van der Waals surface area contributed by atoms with Crippen LogP contribution >= 0.6 is 11.3 Å². The molecule has 2 heterocycles. The molecule has 0 aliphatic carbocycles. The number of ether oxygens (including phenoxy) is 3. The second-order valence-corrected chi connectivity index (χ2v) is 7.97. The van der Waals surface area contributed by atoms with Gasteiger partial charge in [-0.1, -0.05) is 6.07 Å².